The number of rotatable bonds is 6. The summed E-state index contributed by atoms with van der Waals surface area (Å²) in [7, 11) is 0. The van der Waals surface area contributed by atoms with Gasteiger partial charge in [0.15, 0.2) is 5.78 Å². The van der Waals surface area contributed by atoms with Crippen molar-refractivity contribution in [2.75, 3.05) is 0 Å². The number of carbonyl (C=O) groups excluding carboxylic acids is 2. The molecule has 128 valence electrons. The molecule has 0 fully saturated rings. The highest BCUT2D eigenvalue weighted by Crippen LogP contribution is 2.32. The van der Waals surface area contributed by atoms with E-state index in [-0.39, 0.29) is 11.7 Å². The Morgan fingerprint density at radius 2 is 1.62 bits per heavy atom. The van der Waals surface area contributed by atoms with Crippen LogP contribution in [-0.2, 0) is 9.59 Å². The lowest BCUT2D eigenvalue weighted by Gasteiger charge is -2.10. The van der Waals surface area contributed by atoms with Crippen LogP contribution in [0.1, 0.15) is 48.0 Å². The number of amides is 1. The number of hydrogen-bond acceptors (Lipinski definition) is 2. The zero-order chi connectivity index (χ0) is 18.3. The van der Waals surface area contributed by atoms with E-state index in [2.05, 4.69) is 5.32 Å². The quantitative estimate of drug-likeness (QED) is 0.568. The van der Waals surface area contributed by atoms with Crippen LogP contribution in [0.5, 0.6) is 0 Å². The van der Waals surface area contributed by atoms with Gasteiger partial charge in [-0.25, -0.2) is 0 Å². The molecule has 1 N–H and O–H groups in total. The molecule has 1 aliphatic heterocycles. The molecule has 24 heavy (non-hydrogen) atoms. The van der Waals surface area contributed by atoms with E-state index in [0.717, 1.165) is 16.7 Å². The predicted octanol–water partition coefficient (Wildman–Crippen LogP) is 4.71. The topological polar surface area (TPSA) is 46.2 Å². The molecule has 0 aromatic heterocycles. The standard InChI is InChI=1S/C21H27NO2/c1-7-10-12-14(4)17(9-3)19-18(16(6)23)20(22-21(19)24)15(5)13-11-8-2/h7-8,10-13H,9H2,1-6H3,(H,22,24)/b10-7-,11-8-,14-12+,15-13+,19-17-. The van der Waals surface area contributed by atoms with Gasteiger partial charge < -0.3 is 5.32 Å². The molecule has 0 atom stereocenters. The van der Waals surface area contributed by atoms with Crippen molar-refractivity contribution in [1.82, 2.24) is 5.32 Å². The molecule has 0 radical (unpaired) electrons. The molecule has 0 aromatic carbocycles. The fraction of sp³-hybridized carbons (Fsp3) is 0.333. The van der Waals surface area contributed by atoms with E-state index in [0.29, 0.717) is 23.3 Å². The molecule has 1 amide bonds. The van der Waals surface area contributed by atoms with Crippen LogP contribution in [0.15, 0.2) is 70.0 Å². The van der Waals surface area contributed by atoms with E-state index in [9.17, 15) is 9.59 Å². The Morgan fingerprint density at radius 1 is 1.04 bits per heavy atom. The first-order chi connectivity index (χ1) is 11.4. The van der Waals surface area contributed by atoms with E-state index in [1.54, 1.807) is 0 Å². The molecule has 1 aliphatic rings. The van der Waals surface area contributed by atoms with Crippen molar-refractivity contribution in [1.29, 1.82) is 0 Å². The first-order valence-corrected chi connectivity index (χ1v) is 8.28. The molecule has 0 bridgehead atoms. The van der Waals surface area contributed by atoms with Crippen LogP contribution in [0.3, 0.4) is 0 Å². The van der Waals surface area contributed by atoms with Gasteiger partial charge in [0.2, 0.25) is 0 Å². The minimum absolute atomic E-state index is 0.101. The van der Waals surface area contributed by atoms with Gasteiger partial charge in [-0.2, -0.15) is 0 Å². The largest absolute Gasteiger partial charge is 0.321 e. The first-order valence-electron chi connectivity index (χ1n) is 8.28. The third kappa shape index (κ3) is 4.31. The average molecular weight is 325 g/mol. The van der Waals surface area contributed by atoms with Crippen LogP contribution >= 0.6 is 0 Å². The van der Waals surface area contributed by atoms with Crippen molar-refractivity contribution < 1.29 is 9.59 Å². The molecule has 0 unspecified atom stereocenters. The highest BCUT2D eigenvalue weighted by Gasteiger charge is 2.32. The number of hydrogen-bond donors (Lipinski definition) is 1. The summed E-state index contributed by atoms with van der Waals surface area (Å²) in [6.45, 7) is 11.2. The Morgan fingerprint density at radius 3 is 2.12 bits per heavy atom. The van der Waals surface area contributed by atoms with Crippen molar-refractivity contribution in [3.05, 3.63) is 70.0 Å². The highest BCUT2D eigenvalue weighted by molar-refractivity contribution is 6.17. The van der Waals surface area contributed by atoms with E-state index in [4.69, 9.17) is 0 Å². The van der Waals surface area contributed by atoms with Gasteiger partial charge in [0, 0.05) is 0 Å². The maximum Gasteiger partial charge on any atom is 0.256 e. The molecule has 1 rings (SSSR count). The second kappa shape index (κ2) is 9.02. The monoisotopic (exact) mass is 325 g/mol. The van der Waals surface area contributed by atoms with Gasteiger partial charge in [-0.3, -0.25) is 9.59 Å². The molecular formula is C21H27NO2. The SMILES string of the molecule is C/C=C\C=C(/C)C1=C(C(C)=O)/C(=C(CC)/C(C)=C/C=C\C)C(=O)N1. The van der Waals surface area contributed by atoms with E-state index in [1.165, 1.54) is 6.92 Å². The molecule has 0 saturated carbocycles. The molecular weight excluding hydrogens is 298 g/mol. The van der Waals surface area contributed by atoms with Crippen LogP contribution < -0.4 is 5.32 Å². The van der Waals surface area contributed by atoms with E-state index in [1.807, 2.05) is 71.1 Å². The highest BCUT2D eigenvalue weighted by atomic mass is 16.2. The normalized spacial score (nSPS) is 18.8. The lowest BCUT2D eigenvalue weighted by atomic mass is 9.91. The third-order valence-electron chi connectivity index (χ3n) is 3.92. The summed E-state index contributed by atoms with van der Waals surface area (Å²) >= 11 is 0. The van der Waals surface area contributed by atoms with Gasteiger partial charge in [-0.1, -0.05) is 43.4 Å². The maximum atomic E-state index is 12.6. The van der Waals surface area contributed by atoms with Crippen molar-refractivity contribution in [2.45, 2.75) is 48.0 Å². The van der Waals surface area contributed by atoms with Crippen molar-refractivity contribution >= 4 is 11.7 Å². The van der Waals surface area contributed by atoms with Gasteiger partial charge in [0.1, 0.15) is 0 Å². The molecule has 0 spiro atoms. The summed E-state index contributed by atoms with van der Waals surface area (Å²) in [6, 6.07) is 0. The average Bonchev–Trinajstić information content (AvgIpc) is 2.89. The minimum atomic E-state index is -0.200. The fourth-order valence-corrected chi connectivity index (χ4v) is 2.73. The zero-order valence-electron chi connectivity index (χ0n) is 15.5. The Hall–Kier alpha value is -2.42. The Balaban J connectivity index is 3.66. The van der Waals surface area contributed by atoms with Gasteiger partial charge in [0.25, 0.3) is 5.91 Å². The van der Waals surface area contributed by atoms with Crippen LogP contribution in [0, 0.1) is 0 Å². The van der Waals surface area contributed by atoms with Crippen LogP contribution in [0.2, 0.25) is 0 Å². The number of nitrogens with one attached hydrogen (secondary N) is 1. The summed E-state index contributed by atoms with van der Waals surface area (Å²) in [5, 5.41) is 2.88. The smallest absolute Gasteiger partial charge is 0.256 e. The predicted molar refractivity (Wildman–Crippen MR) is 100 cm³/mol. The van der Waals surface area contributed by atoms with Gasteiger partial charge in [0.05, 0.1) is 16.8 Å². The number of Topliss-reactive ketones (excluding diaryl/α,β-unsaturated/α-hetero) is 1. The summed E-state index contributed by atoms with van der Waals surface area (Å²) in [5.74, 6) is -0.301. The third-order valence-corrected chi connectivity index (χ3v) is 3.92. The van der Waals surface area contributed by atoms with Crippen LogP contribution in [-0.4, -0.2) is 11.7 Å². The zero-order valence-corrected chi connectivity index (χ0v) is 15.5. The summed E-state index contributed by atoms with van der Waals surface area (Å²) in [4.78, 5) is 24.9. The lowest BCUT2D eigenvalue weighted by Crippen LogP contribution is -2.18. The number of carbonyl (C=O) groups is 2. The van der Waals surface area contributed by atoms with Gasteiger partial charge in [-0.05, 0) is 57.8 Å². The molecule has 3 nitrogen and oxygen atoms in total. The van der Waals surface area contributed by atoms with E-state index >= 15 is 0 Å². The second-order valence-electron chi connectivity index (χ2n) is 5.72. The van der Waals surface area contributed by atoms with Crippen LogP contribution in [0.4, 0.5) is 0 Å². The van der Waals surface area contributed by atoms with Crippen LogP contribution in [0.25, 0.3) is 0 Å². The maximum absolute atomic E-state index is 12.6. The summed E-state index contributed by atoms with van der Waals surface area (Å²) in [6.07, 6.45) is 12.2. The Labute approximate surface area is 145 Å². The van der Waals surface area contributed by atoms with Crippen molar-refractivity contribution in [3.8, 4) is 0 Å². The fourth-order valence-electron chi connectivity index (χ4n) is 2.73. The molecule has 0 aromatic rings. The van der Waals surface area contributed by atoms with Crippen molar-refractivity contribution in [2.24, 2.45) is 0 Å². The minimum Gasteiger partial charge on any atom is -0.321 e. The first kappa shape index (κ1) is 19.6. The molecule has 1 heterocycles. The second-order valence-corrected chi connectivity index (χ2v) is 5.72. The molecule has 0 saturated heterocycles. The lowest BCUT2D eigenvalue weighted by molar-refractivity contribution is -0.117. The Kier molecular flexibility index (Phi) is 7.37. The Bertz CT molecular complexity index is 710. The van der Waals surface area contributed by atoms with E-state index < -0.39 is 0 Å². The van der Waals surface area contributed by atoms with Gasteiger partial charge >= 0.3 is 0 Å². The number of allylic oxidation sites excluding steroid dienone is 9. The molecule has 0 aliphatic carbocycles. The summed E-state index contributed by atoms with van der Waals surface area (Å²) < 4.78 is 0. The van der Waals surface area contributed by atoms with Crippen molar-refractivity contribution in [3.63, 3.8) is 0 Å². The summed E-state index contributed by atoms with van der Waals surface area (Å²) in [5.41, 5.74) is 4.38. The van der Waals surface area contributed by atoms with Gasteiger partial charge in [-0.15, -0.1) is 0 Å². The number of ketones is 1. The molecule has 3 heteroatoms.